The van der Waals surface area contributed by atoms with Gasteiger partial charge < -0.3 is 15.0 Å². The van der Waals surface area contributed by atoms with Crippen LogP contribution in [0.2, 0.25) is 0 Å². The highest BCUT2D eigenvalue weighted by molar-refractivity contribution is 9.11. The smallest absolute Gasteiger partial charge is 0.147 e. The molecule has 118 valence electrons. The quantitative estimate of drug-likeness (QED) is 0.639. The number of ether oxygens (including phenoxy) is 1. The minimum Gasteiger partial charge on any atom is -0.491 e. The Morgan fingerprint density at radius 3 is 2.48 bits per heavy atom. The van der Waals surface area contributed by atoms with Gasteiger partial charge in [0, 0.05) is 13.1 Å². The molecule has 1 aliphatic rings. The molecule has 3 nitrogen and oxygen atoms in total. The third kappa shape index (κ3) is 5.55. The molecule has 1 heterocycles. The minimum atomic E-state index is 0.764. The van der Waals surface area contributed by atoms with Crippen LogP contribution in [0.15, 0.2) is 21.1 Å². The summed E-state index contributed by atoms with van der Waals surface area (Å²) < 4.78 is 7.98. The van der Waals surface area contributed by atoms with E-state index in [9.17, 15) is 0 Å². The second-order valence-electron chi connectivity index (χ2n) is 5.42. The van der Waals surface area contributed by atoms with E-state index in [1.165, 1.54) is 31.5 Å². The van der Waals surface area contributed by atoms with Gasteiger partial charge in [0.2, 0.25) is 0 Å². The van der Waals surface area contributed by atoms with Crippen LogP contribution in [0.3, 0.4) is 0 Å². The molecule has 0 radical (unpaired) electrons. The van der Waals surface area contributed by atoms with Crippen LogP contribution in [-0.2, 0) is 6.54 Å². The van der Waals surface area contributed by atoms with Crippen LogP contribution in [0.4, 0.5) is 0 Å². The second-order valence-corrected chi connectivity index (χ2v) is 7.13. The normalized spacial score (nSPS) is 15.6. The van der Waals surface area contributed by atoms with E-state index in [4.69, 9.17) is 4.74 Å². The number of benzene rings is 1. The molecule has 1 aromatic rings. The van der Waals surface area contributed by atoms with E-state index in [-0.39, 0.29) is 0 Å². The molecule has 5 heteroatoms. The predicted molar refractivity (Wildman–Crippen MR) is 95.0 cm³/mol. The molecule has 2 rings (SSSR count). The van der Waals surface area contributed by atoms with Gasteiger partial charge in [0.1, 0.15) is 5.75 Å². The Bertz CT molecular complexity index is 425. The molecule has 0 aromatic heterocycles. The fourth-order valence-corrected chi connectivity index (χ4v) is 4.10. The molecule has 0 saturated carbocycles. The maximum atomic E-state index is 5.95. The molecule has 0 bridgehead atoms. The van der Waals surface area contributed by atoms with E-state index >= 15 is 0 Å². The van der Waals surface area contributed by atoms with Crippen LogP contribution < -0.4 is 10.1 Å². The second kappa shape index (κ2) is 9.13. The van der Waals surface area contributed by atoms with Gasteiger partial charge in [-0.15, -0.1) is 0 Å². The average molecular weight is 420 g/mol. The summed E-state index contributed by atoms with van der Waals surface area (Å²) >= 11 is 7.23. The molecule has 0 spiro atoms. The van der Waals surface area contributed by atoms with Crippen molar-refractivity contribution >= 4 is 31.9 Å². The van der Waals surface area contributed by atoms with Crippen molar-refractivity contribution in [2.75, 3.05) is 32.8 Å². The Morgan fingerprint density at radius 1 is 1.19 bits per heavy atom. The van der Waals surface area contributed by atoms with Crippen LogP contribution in [-0.4, -0.2) is 37.7 Å². The number of likely N-dealkylation sites (tertiary alicyclic amines) is 1. The number of halogens is 2. The first-order valence-corrected chi connectivity index (χ1v) is 9.33. The summed E-state index contributed by atoms with van der Waals surface area (Å²) in [6, 6.07) is 4.26. The summed E-state index contributed by atoms with van der Waals surface area (Å²) in [5.41, 5.74) is 1.25. The number of hydrogen-bond acceptors (Lipinski definition) is 3. The Hall–Kier alpha value is -0.100. The first-order chi connectivity index (χ1) is 10.2. The zero-order valence-corrected chi connectivity index (χ0v) is 15.8. The zero-order valence-electron chi connectivity index (χ0n) is 12.6. The molecule has 1 N–H and O–H groups in total. The van der Waals surface area contributed by atoms with Gasteiger partial charge in [-0.1, -0.05) is 6.92 Å². The average Bonchev–Trinajstić information content (AvgIpc) is 2.96. The lowest BCUT2D eigenvalue weighted by molar-refractivity contribution is 0.261. The third-order valence-corrected chi connectivity index (χ3v) is 4.88. The highest BCUT2D eigenvalue weighted by Crippen LogP contribution is 2.34. The maximum Gasteiger partial charge on any atom is 0.147 e. The molecule has 21 heavy (non-hydrogen) atoms. The minimum absolute atomic E-state index is 0.764. The molecule has 0 aliphatic carbocycles. The largest absolute Gasteiger partial charge is 0.491 e. The highest BCUT2D eigenvalue weighted by Gasteiger charge is 2.12. The van der Waals surface area contributed by atoms with Crippen molar-refractivity contribution in [3.63, 3.8) is 0 Å². The van der Waals surface area contributed by atoms with Gasteiger partial charge >= 0.3 is 0 Å². The summed E-state index contributed by atoms with van der Waals surface area (Å²) in [7, 11) is 0. The van der Waals surface area contributed by atoms with Crippen molar-refractivity contribution in [3.8, 4) is 5.75 Å². The Kier molecular flexibility index (Phi) is 7.50. The first-order valence-electron chi connectivity index (χ1n) is 7.74. The Balaban J connectivity index is 1.81. The van der Waals surface area contributed by atoms with Crippen LogP contribution >= 0.6 is 31.9 Å². The van der Waals surface area contributed by atoms with E-state index in [1.807, 2.05) is 0 Å². The molecular formula is C16H24Br2N2O. The van der Waals surface area contributed by atoms with Gasteiger partial charge in [-0.05, 0) is 88.5 Å². The SMILES string of the molecule is CCNCc1cc(Br)c(OCCCN2CCCC2)c(Br)c1. The Labute approximate surface area is 144 Å². The number of rotatable bonds is 8. The van der Waals surface area contributed by atoms with Gasteiger partial charge in [0.15, 0.2) is 0 Å². The van der Waals surface area contributed by atoms with Gasteiger partial charge in [0.25, 0.3) is 0 Å². The molecular weight excluding hydrogens is 396 g/mol. The molecule has 1 aromatic carbocycles. The van der Waals surface area contributed by atoms with E-state index in [1.54, 1.807) is 0 Å². The van der Waals surface area contributed by atoms with Gasteiger partial charge in [-0.25, -0.2) is 0 Å². The van der Waals surface area contributed by atoms with Crippen molar-refractivity contribution in [2.24, 2.45) is 0 Å². The number of hydrogen-bond donors (Lipinski definition) is 1. The fourth-order valence-electron chi connectivity index (χ4n) is 2.59. The molecule has 0 atom stereocenters. The predicted octanol–water partition coefficient (Wildman–Crippen LogP) is 4.19. The van der Waals surface area contributed by atoms with E-state index in [0.717, 1.165) is 47.4 Å². The zero-order chi connectivity index (χ0) is 15.1. The first kappa shape index (κ1) is 17.3. The van der Waals surface area contributed by atoms with Crippen molar-refractivity contribution < 1.29 is 4.74 Å². The van der Waals surface area contributed by atoms with Gasteiger partial charge in [-0.3, -0.25) is 0 Å². The Morgan fingerprint density at radius 2 is 1.86 bits per heavy atom. The third-order valence-electron chi connectivity index (χ3n) is 3.70. The highest BCUT2D eigenvalue weighted by atomic mass is 79.9. The van der Waals surface area contributed by atoms with Crippen LogP contribution in [0.1, 0.15) is 31.7 Å². The molecule has 1 fully saturated rings. The lowest BCUT2D eigenvalue weighted by Crippen LogP contribution is -2.22. The van der Waals surface area contributed by atoms with E-state index in [0.29, 0.717) is 0 Å². The molecule has 0 unspecified atom stereocenters. The monoisotopic (exact) mass is 418 g/mol. The number of nitrogens with zero attached hydrogens (tertiary/aromatic N) is 1. The summed E-state index contributed by atoms with van der Waals surface area (Å²) in [4.78, 5) is 2.52. The summed E-state index contributed by atoms with van der Waals surface area (Å²) in [5, 5.41) is 3.33. The van der Waals surface area contributed by atoms with Gasteiger partial charge in [0.05, 0.1) is 15.6 Å². The van der Waals surface area contributed by atoms with Crippen molar-refractivity contribution in [1.82, 2.24) is 10.2 Å². The van der Waals surface area contributed by atoms with Crippen molar-refractivity contribution in [2.45, 2.75) is 32.7 Å². The molecule has 1 aliphatic heterocycles. The maximum absolute atomic E-state index is 5.95. The standard InChI is InChI=1S/C16H24Br2N2O/c1-2-19-12-13-10-14(17)16(15(18)11-13)21-9-5-8-20-6-3-4-7-20/h10-11,19H,2-9,12H2,1H3. The van der Waals surface area contributed by atoms with Crippen molar-refractivity contribution in [3.05, 3.63) is 26.6 Å². The summed E-state index contributed by atoms with van der Waals surface area (Å²) in [6.45, 7) is 8.39. The van der Waals surface area contributed by atoms with Gasteiger partial charge in [-0.2, -0.15) is 0 Å². The molecule has 1 saturated heterocycles. The van der Waals surface area contributed by atoms with Crippen LogP contribution in [0, 0.1) is 0 Å². The lowest BCUT2D eigenvalue weighted by Gasteiger charge is -2.16. The summed E-state index contributed by atoms with van der Waals surface area (Å²) in [6.07, 6.45) is 3.79. The van der Waals surface area contributed by atoms with Crippen LogP contribution in [0.5, 0.6) is 5.75 Å². The molecule has 0 amide bonds. The number of nitrogens with one attached hydrogen (secondary N) is 1. The topological polar surface area (TPSA) is 24.5 Å². The van der Waals surface area contributed by atoms with E-state index in [2.05, 4.69) is 61.1 Å². The van der Waals surface area contributed by atoms with E-state index < -0.39 is 0 Å². The van der Waals surface area contributed by atoms with Crippen molar-refractivity contribution in [1.29, 1.82) is 0 Å². The fraction of sp³-hybridized carbons (Fsp3) is 0.625. The lowest BCUT2D eigenvalue weighted by atomic mass is 10.2. The summed E-state index contributed by atoms with van der Waals surface area (Å²) in [5.74, 6) is 0.914. The van der Waals surface area contributed by atoms with Crippen LogP contribution in [0.25, 0.3) is 0 Å².